The lowest BCUT2D eigenvalue weighted by Gasteiger charge is -2.31. The number of aromatic hydroxyl groups is 1. The Balaban J connectivity index is 1.99. The van der Waals surface area contributed by atoms with Crippen LogP contribution in [0.2, 0.25) is 0 Å². The molecule has 5 N–H and O–H groups in total. The van der Waals surface area contributed by atoms with E-state index in [-0.39, 0.29) is 22.9 Å². The lowest BCUT2D eigenvalue weighted by Crippen LogP contribution is -2.47. The number of aromatic amines is 1. The average Bonchev–Trinajstić information content (AvgIpc) is 3.29. The molecule has 4 atom stereocenters. The molecule has 126 valence electrons. The van der Waals surface area contributed by atoms with Gasteiger partial charge in [0.05, 0.1) is 6.61 Å². The highest BCUT2D eigenvalue weighted by Gasteiger charge is 2.59. The van der Waals surface area contributed by atoms with E-state index >= 15 is 0 Å². The largest absolute Gasteiger partial charge is 0.492 e. The molecule has 0 aliphatic carbocycles. The molecule has 3 aromatic heterocycles. The van der Waals surface area contributed by atoms with Gasteiger partial charge in [0.2, 0.25) is 11.6 Å². The van der Waals surface area contributed by atoms with Crippen LogP contribution in [-0.4, -0.2) is 74.8 Å². The Kier molecular flexibility index (Phi) is 3.25. The normalized spacial score (nSPS) is 30.2. The lowest BCUT2D eigenvalue weighted by molar-refractivity contribution is -0.120. The maximum atomic E-state index is 10.7. The predicted molar refractivity (Wildman–Crippen MR) is 76.6 cm³/mol. The van der Waals surface area contributed by atoms with Crippen molar-refractivity contribution in [1.82, 2.24) is 29.5 Å². The molecule has 0 amide bonds. The minimum atomic E-state index is -1.70. The fourth-order valence-electron chi connectivity index (χ4n) is 2.99. The minimum Gasteiger partial charge on any atom is -0.492 e. The minimum absolute atomic E-state index is 0.0983. The van der Waals surface area contributed by atoms with Gasteiger partial charge in [0, 0.05) is 12.4 Å². The molecule has 3 aromatic rings. The average molecular weight is 334 g/mol. The van der Waals surface area contributed by atoms with Gasteiger partial charge in [0.15, 0.2) is 17.0 Å². The molecular weight excluding hydrogens is 320 g/mol. The van der Waals surface area contributed by atoms with Gasteiger partial charge in [-0.25, -0.2) is 15.0 Å². The highest BCUT2D eigenvalue weighted by molar-refractivity contribution is 5.76. The van der Waals surface area contributed by atoms with E-state index in [1.54, 1.807) is 0 Å². The van der Waals surface area contributed by atoms with Crippen LogP contribution in [0.3, 0.4) is 0 Å². The van der Waals surface area contributed by atoms with E-state index < -0.39 is 30.6 Å². The molecule has 0 bridgehead atoms. The van der Waals surface area contributed by atoms with Crippen molar-refractivity contribution in [2.45, 2.75) is 24.0 Å². The second kappa shape index (κ2) is 5.21. The molecule has 1 fully saturated rings. The number of aromatic nitrogens is 6. The molecule has 24 heavy (non-hydrogen) atoms. The highest BCUT2D eigenvalue weighted by atomic mass is 16.6. The van der Waals surface area contributed by atoms with Crippen molar-refractivity contribution in [1.29, 1.82) is 0 Å². The van der Waals surface area contributed by atoms with Gasteiger partial charge in [0.25, 0.3) is 0 Å². The standard InChI is InChI=1S/C13H14N6O5/c20-3-6-8(21)9(22)13(24-6,12-14-1-2-15-12)19-5-18-7-10(19)16-4-17-11(7)23/h1-2,4-6,8-9,20-22H,3H2,(H,14,15)(H,16,17,23)/t6-,8-,9-,13+/m1/s1. The van der Waals surface area contributed by atoms with E-state index in [1.807, 2.05) is 0 Å². The van der Waals surface area contributed by atoms with Crippen molar-refractivity contribution < 1.29 is 25.2 Å². The highest BCUT2D eigenvalue weighted by Crippen LogP contribution is 2.41. The van der Waals surface area contributed by atoms with Gasteiger partial charge in [-0.05, 0) is 0 Å². The van der Waals surface area contributed by atoms with Crippen LogP contribution in [0.1, 0.15) is 5.82 Å². The first-order chi connectivity index (χ1) is 11.6. The van der Waals surface area contributed by atoms with Crippen LogP contribution in [0.5, 0.6) is 5.88 Å². The zero-order valence-electron chi connectivity index (χ0n) is 12.2. The van der Waals surface area contributed by atoms with Gasteiger partial charge in [-0.3, -0.25) is 4.57 Å². The number of ether oxygens (including phenoxy) is 1. The van der Waals surface area contributed by atoms with E-state index in [2.05, 4.69) is 24.9 Å². The third kappa shape index (κ3) is 1.80. The third-order valence-electron chi connectivity index (χ3n) is 4.13. The smallest absolute Gasteiger partial charge is 0.242 e. The number of nitrogens with one attached hydrogen (secondary N) is 1. The van der Waals surface area contributed by atoms with Crippen molar-refractivity contribution in [3.8, 4) is 5.88 Å². The molecule has 0 spiro atoms. The molecule has 1 aliphatic heterocycles. The molecule has 1 saturated heterocycles. The fourth-order valence-corrected chi connectivity index (χ4v) is 2.99. The Morgan fingerprint density at radius 2 is 2.08 bits per heavy atom. The second-order valence-corrected chi connectivity index (χ2v) is 5.39. The van der Waals surface area contributed by atoms with E-state index in [1.165, 1.54) is 23.3 Å². The molecule has 11 nitrogen and oxygen atoms in total. The Hall–Kier alpha value is -2.60. The first kappa shape index (κ1) is 15.0. The van der Waals surface area contributed by atoms with Crippen molar-refractivity contribution in [3.05, 3.63) is 30.9 Å². The Morgan fingerprint density at radius 1 is 1.25 bits per heavy atom. The van der Waals surface area contributed by atoms with Crippen LogP contribution < -0.4 is 0 Å². The topological polar surface area (TPSA) is 162 Å². The van der Waals surface area contributed by atoms with Crippen LogP contribution in [0.25, 0.3) is 11.2 Å². The monoisotopic (exact) mass is 334 g/mol. The number of hydrogen-bond acceptors (Lipinski definition) is 9. The molecule has 11 heteroatoms. The summed E-state index contributed by atoms with van der Waals surface area (Å²) < 4.78 is 7.14. The van der Waals surface area contributed by atoms with E-state index in [0.717, 1.165) is 6.33 Å². The predicted octanol–water partition coefficient (Wildman–Crippen LogP) is -1.93. The second-order valence-electron chi connectivity index (χ2n) is 5.39. The lowest BCUT2D eigenvalue weighted by atomic mass is 10.0. The maximum Gasteiger partial charge on any atom is 0.242 e. The van der Waals surface area contributed by atoms with Crippen LogP contribution >= 0.6 is 0 Å². The van der Waals surface area contributed by atoms with Gasteiger partial charge in [0.1, 0.15) is 31.0 Å². The van der Waals surface area contributed by atoms with E-state index in [9.17, 15) is 20.4 Å². The summed E-state index contributed by atoms with van der Waals surface area (Å²) in [7, 11) is 0. The van der Waals surface area contributed by atoms with Crippen molar-refractivity contribution >= 4 is 11.2 Å². The van der Waals surface area contributed by atoms with Gasteiger partial charge >= 0.3 is 0 Å². The Labute approximate surface area is 134 Å². The molecular formula is C13H14N6O5. The van der Waals surface area contributed by atoms with Crippen LogP contribution in [-0.2, 0) is 10.5 Å². The van der Waals surface area contributed by atoms with Gasteiger partial charge in [-0.1, -0.05) is 0 Å². The first-order valence-electron chi connectivity index (χ1n) is 7.11. The third-order valence-corrected chi connectivity index (χ3v) is 4.13. The number of H-pyrrole nitrogens is 1. The van der Waals surface area contributed by atoms with Gasteiger partial charge in [-0.2, -0.15) is 4.98 Å². The Bertz CT molecular complexity index is 867. The molecule has 0 unspecified atom stereocenters. The molecule has 1 aliphatic rings. The van der Waals surface area contributed by atoms with Crippen LogP contribution in [0.4, 0.5) is 0 Å². The van der Waals surface area contributed by atoms with E-state index in [4.69, 9.17) is 4.74 Å². The number of aliphatic hydroxyl groups is 3. The van der Waals surface area contributed by atoms with Gasteiger partial charge < -0.3 is 30.1 Å². The Morgan fingerprint density at radius 3 is 2.75 bits per heavy atom. The summed E-state index contributed by atoms with van der Waals surface area (Å²) in [4.78, 5) is 18.7. The molecule has 0 radical (unpaired) electrons. The zero-order valence-corrected chi connectivity index (χ0v) is 12.2. The number of imidazole rings is 2. The summed E-state index contributed by atoms with van der Waals surface area (Å²) in [6.07, 6.45) is 1.51. The number of hydrogen-bond donors (Lipinski definition) is 5. The number of rotatable bonds is 3. The van der Waals surface area contributed by atoms with Crippen LogP contribution in [0.15, 0.2) is 25.0 Å². The summed E-state index contributed by atoms with van der Waals surface area (Å²) in [5.41, 5.74) is -1.43. The van der Waals surface area contributed by atoms with Crippen LogP contribution in [0, 0.1) is 0 Å². The first-order valence-corrected chi connectivity index (χ1v) is 7.11. The summed E-state index contributed by atoms with van der Waals surface area (Å²) in [5.74, 6) is -0.150. The van der Waals surface area contributed by atoms with E-state index in [0.29, 0.717) is 0 Å². The molecule has 0 saturated carbocycles. The van der Waals surface area contributed by atoms with Crippen molar-refractivity contribution in [2.24, 2.45) is 0 Å². The zero-order chi connectivity index (χ0) is 16.9. The quantitative estimate of drug-likeness (QED) is 0.367. The summed E-state index contributed by atoms with van der Waals surface area (Å²) in [6.45, 7) is -0.506. The number of nitrogens with zero attached hydrogens (tertiary/aromatic N) is 5. The number of fused-ring (bicyclic) bond motifs is 1. The summed E-state index contributed by atoms with van der Waals surface area (Å²) in [6, 6.07) is 0. The molecule has 0 aromatic carbocycles. The SMILES string of the molecule is OC[C@H]1O[C@@](c2ncc[nH]2)(n2cnc3c(O)ncnc32)[C@H](O)[C@@H]1O. The number of aliphatic hydroxyl groups excluding tert-OH is 3. The summed E-state index contributed by atoms with van der Waals surface area (Å²) >= 11 is 0. The summed E-state index contributed by atoms with van der Waals surface area (Å²) in [5, 5.41) is 40.1. The van der Waals surface area contributed by atoms with Crippen molar-refractivity contribution in [3.63, 3.8) is 0 Å². The molecule has 4 rings (SSSR count). The van der Waals surface area contributed by atoms with Gasteiger partial charge in [-0.15, -0.1) is 0 Å². The maximum absolute atomic E-state index is 10.7. The fraction of sp³-hybridized carbons (Fsp3) is 0.385. The van der Waals surface area contributed by atoms with Crippen molar-refractivity contribution in [2.75, 3.05) is 6.61 Å². The molecule has 4 heterocycles.